The minimum atomic E-state index is -0.796. The highest BCUT2D eigenvalue weighted by Gasteiger charge is 2.39. The van der Waals surface area contributed by atoms with E-state index >= 15 is 0 Å². The van der Waals surface area contributed by atoms with Gasteiger partial charge in [-0.05, 0) is 22.8 Å². The molecule has 0 aliphatic heterocycles. The Hall–Kier alpha value is -3.96. The third-order valence-corrected chi connectivity index (χ3v) is 5.83. The van der Waals surface area contributed by atoms with Crippen LogP contribution in [0.5, 0.6) is 0 Å². The van der Waals surface area contributed by atoms with Crippen molar-refractivity contribution in [3.8, 4) is 0 Å². The van der Waals surface area contributed by atoms with Crippen LogP contribution >= 0.6 is 0 Å². The van der Waals surface area contributed by atoms with Gasteiger partial charge in [0.1, 0.15) is 17.4 Å². The lowest BCUT2D eigenvalue weighted by Gasteiger charge is -2.38. The van der Waals surface area contributed by atoms with Crippen LogP contribution in [0.4, 0.5) is 0 Å². The van der Waals surface area contributed by atoms with E-state index < -0.39 is 17.6 Å². The number of methoxy groups -OCH3 is 1. The van der Waals surface area contributed by atoms with Crippen LogP contribution in [0.2, 0.25) is 0 Å². The molecular weight excluding hydrogens is 410 g/mol. The number of ether oxygens (including phenoxy) is 1. The molecule has 4 rings (SSSR count). The normalized spacial score (nSPS) is 12.2. The van der Waals surface area contributed by atoms with Crippen LogP contribution in [0.15, 0.2) is 104 Å². The summed E-state index contributed by atoms with van der Waals surface area (Å²) in [5.41, 5.74) is 9.26. The van der Waals surface area contributed by atoms with Gasteiger partial charge in [-0.3, -0.25) is 4.79 Å². The van der Waals surface area contributed by atoms with Gasteiger partial charge in [0.15, 0.2) is 0 Å². The summed E-state index contributed by atoms with van der Waals surface area (Å²) in [6.45, 7) is 4.02. The van der Waals surface area contributed by atoms with Crippen molar-refractivity contribution in [3.05, 3.63) is 132 Å². The second-order valence-corrected chi connectivity index (χ2v) is 7.81. The van der Waals surface area contributed by atoms with E-state index in [2.05, 4.69) is 47.5 Å². The highest BCUT2D eigenvalue weighted by Crippen LogP contribution is 2.42. The Balaban J connectivity index is 2.02. The van der Waals surface area contributed by atoms with Gasteiger partial charge in [-0.2, -0.15) is 0 Å². The summed E-state index contributed by atoms with van der Waals surface area (Å²) in [5, 5.41) is 0. The highest BCUT2D eigenvalue weighted by molar-refractivity contribution is 5.75. The molecule has 1 atom stereocenters. The predicted octanol–water partition coefficient (Wildman–Crippen LogP) is 4.41. The molecule has 4 aromatic rings. The second-order valence-electron chi connectivity index (χ2n) is 7.81. The lowest BCUT2D eigenvalue weighted by Crippen LogP contribution is -2.38. The fourth-order valence-electron chi connectivity index (χ4n) is 4.37. The summed E-state index contributed by atoms with van der Waals surface area (Å²) in [5.74, 6) is 0.212. The van der Waals surface area contributed by atoms with Gasteiger partial charge >= 0.3 is 5.97 Å². The Morgan fingerprint density at radius 1 is 0.970 bits per heavy atom. The number of rotatable bonds is 8. The number of nitrogens with zero attached hydrogens (tertiary/aromatic N) is 2. The van der Waals surface area contributed by atoms with E-state index in [1.807, 2.05) is 60.8 Å². The average molecular weight is 438 g/mol. The maximum absolute atomic E-state index is 11.9. The molecule has 0 spiro atoms. The van der Waals surface area contributed by atoms with Crippen LogP contribution < -0.4 is 5.73 Å². The molecule has 33 heavy (non-hydrogen) atoms. The zero-order valence-electron chi connectivity index (χ0n) is 18.6. The van der Waals surface area contributed by atoms with Crippen LogP contribution in [-0.4, -0.2) is 28.7 Å². The quantitative estimate of drug-likeness (QED) is 0.327. The Kier molecular flexibility index (Phi) is 6.52. The molecule has 0 bridgehead atoms. The predicted molar refractivity (Wildman–Crippen MR) is 131 cm³/mol. The number of imidazole rings is 1. The Labute approximate surface area is 194 Å². The summed E-state index contributed by atoms with van der Waals surface area (Å²) in [4.78, 5) is 16.7. The Morgan fingerprint density at radius 2 is 1.42 bits per heavy atom. The number of hydrogen-bond donors (Lipinski definition) is 1. The van der Waals surface area contributed by atoms with Gasteiger partial charge in [0.2, 0.25) is 0 Å². The number of hydrogen-bond acceptors (Lipinski definition) is 4. The number of nitrogens with two attached hydrogens (primary N) is 1. The lowest BCUT2D eigenvalue weighted by molar-refractivity contribution is -0.142. The molecule has 1 aromatic heterocycles. The molecule has 2 N–H and O–H groups in total. The molecule has 5 nitrogen and oxygen atoms in total. The first-order valence-corrected chi connectivity index (χ1v) is 10.8. The van der Waals surface area contributed by atoms with Crippen LogP contribution in [-0.2, 0) is 21.5 Å². The first-order chi connectivity index (χ1) is 16.1. The smallest absolute Gasteiger partial charge is 0.323 e. The number of aromatic nitrogens is 2. The third-order valence-electron chi connectivity index (χ3n) is 5.83. The van der Waals surface area contributed by atoms with Crippen LogP contribution in [0.1, 0.15) is 28.2 Å². The van der Waals surface area contributed by atoms with Gasteiger partial charge in [0.25, 0.3) is 0 Å². The summed E-state index contributed by atoms with van der Waals surface area (Å²) in [6, 6.07) is 30.2. The van der Waals surface area contributed by atoms with Gasteiger partial charge in [-0.15, -0.1) is 0 Å². The summed E-state index contributed by atoms with van der Waals surface area (Å²) in [7, 11) is 1.33. The van der Waals surface area contributed by atoms with Crippen molar-refractivity contribution in [3.63, 3.8) is 0 Å². The molecule has 5 heteroatoms. The molecule has 166 valence electrons. The van der Waals surface area contributed by atoms with E-state index in [4.69, 9.17) is 15.5 Å². The minimum absolute atomic E-state index is 0.259. The lowest BCUT2D eigenvalue weighted by atomic mass is 9.76. The fraction of sp³-hybridized carbons (Fsp3) is 0.143. The van der Waals surface area contributed by atoms with E-state index in [1.165, 1.54) is 7.11 Å². The highest BCUT2D eigenvalue weighted by atomic mass is 16.5. The number of carbonyl (C=O) groups excluding carboxylic acids is 1. The van der Waals surface area contributed by atoms with Gasteiger partial charge in [-0.1, -0.05) is 97.6 Å². The average Bonchev–Trinajstić information content (AvgIpc) is 3.29. The van der Waals surface area contributed by atoms with E-state index in [-0.39, 0.29) is 6.42 Å². The number of benzene rings is 3. The standard InChI is InChI=1S/C28H27N3O2/c1-3-26-30-24(19-25(29)27(32)33-2)20-31(26)28(21-13-7-4-8-14-21,22-15-9-5-10-16-22)23-17-11-6-12-18-23/h3-18,20,25H,1,19,29H2,2H3/t25-/m0/s1. The van der Waals surface area contributed by atoms with Crippen LogP contribution in [0.3, 0.4) is 0 Å². The molecule has 0 unspecified atom stereocenters. The summed E-state index contributed by atoms with van der Waals surface area (Å²) in [6.07, 6.45) is 3.96. The molecule has 0 amide bonds. The molecule has 0 saturated carbocycles. The van der Waals surface area contributed by atoms with Crippen molar-refractivity contribution in [2.45, 2.75) is 18.0 Å². The molecule has 0 fully saturated rings. The van der Waals surface area contributed by atoms with Gasteiger partial charge in [0.05, 0.1) is 12.8 Å². The van der Waals surface area contributed by atoms with Crippen LogP contribution in [0.25, 0.3) is 6.08 Å². The molecule has 1 heterocycles. The summed E-state index contributed by atoms with van der Waals surface area (Å²) < 4.78 is 6.93. The van der Waals surface area contributed by atoms with E-state index in [0.29, 0.717) is 11.5 Å². The Bertz CT molecular complexity index is 1120. The van der Waals surface area contributed by atoms with Crippen molar-refractivity contribution in [2.24, 2.45) is 5.73 Å². The van der Waals surface area contributed by atoms with Crippen LogP contribution in [0, 0.1) is 0 Å². The van der Waals surface area contributed by atoms with E-state index in [9.17, 15) is 4.79 Å². The zero-order valence-corrected chi connectivity index (χ0v) is 18.6. The first kappa shape index (κ1) is 22.2. The molecule has 3 aromatic carbocycles. The third kappa shape index (κ3) is 4.11. The van der Waals surface area contributed by atoms with E-state index in [1.54, 1.807) is 6.08 Å². The maximum Gasteiger partial charge on any atom is 0.323 e. The van der Waals surface area contributed by atoms with Gasteiger partial charge in [0, 0.05) is 12.6 Å². The van der Waals surface area contributed by atoms with Gasteiger partial charge < -0.3 is 15.0 Å². The fourth-order valence-corrected chi connectivity index (χ4v) is 4.37. The largest absolute Gasteiger partial charge is 0.468 e. The first-order valence-electron chi connectivity index (χ1n) is 10.8. The van der Waals surface area contributed by atoms with Crippen molar-refractivity contribution in [2.75, 3.05) is 7.11 Å². The maximum atomic E-state index is 11.9. The summed E-state index contributed by atoms with van der Waals surface area (Å²) >= 11 is 0. The van der Waals surface area contributed by atoms with Crippen molar-refractivity contribution >= 4 is 12.0 Å². The molecule has 0 aliphatic carbocycles. The van der Waals surface area contributed by atoms with Crippen molar-refractivity contribution in [1.82, 2.24) is 9.55 Å². The van der Waals surface area contributed by atoms with Crippen molar-refractivity contribution < 1.29 is 9.53 Å². The SMILES string of the molecule is C=Cc1nc(C[C@H](N)C(=O)OC)cn1C(c1ccccc1)(c1ccccc1)c1ccccc1. The molecular formula is C28H27N3O2. The second kappa shape index (κ2) is 9.67. The van der Waals surface area contributed by atoms with Gasteiger partial charge in [-0.25, -0.2) is 4.98 Å². The van der Waals surface area contributed by atoms with E-state index in [0.717, 1.165) is 16.7 Å². The number of esters is 1. The minimum Gasteiger partial charge on any atom is -0.468 e. The molecule has 0 radical (unpaired) electrons. The number of carbonyl (C=O) groups is 1. The Morgan fingerprint density at radius 3 is 1.82 bits per heavy atom. The zero-order chi connectivity index (χ0) is 23.3. The topological polar surface area (TPSA) is 70.1 Å². The molecule has 0 saturated heterocycles. The van der Waals surface area contributed by atoms with Crippen molar-refractivity contribution in [1.29, 1.82) is 0 Å². The molecule has 0 aliphatic rings. The monoisotopic (exact) mass is 437 g/mol.